The van der Waals surface area contributed by atoms with Crippen LogP contribution in [0.3, 0.4) is 0 Å². The molecule has 0 unspecified atom stereocenters. The molecule has 3 nitrogen and oxygen atoms in total. The lowest BCUT2D eigenvalue weighted by Crippen LogP contribution is -2.09. The molecule has 0 bridgehead atoms. The molecular weight excluding hydrogens is 284 g/mol. The van der Waals surface area contributed by atoms with Crippen molar-refractivity contribution in [2.45, 2.75) is 39.7 Å². The first-order chi connectivity index (χ1) is 11.2. The predicted octanol–water partition coefficient (Wildman–Crippen LogP) is 4.94. The molecule has 0 atom stereocenters. The molecule has 0 saturated heterocycles. The van der Waals surface area contributed by atoms with E-state index in [-0.39, 0.29) is 0 Å². The van der Waals surface area contributed by atoms with Gasteiger partial charge in [0.1, 0.15) is 11.6 Å². The Labute approximate surface area is 137 Å². The van der Waals surface area contributed by atoms with Crippen LogP contribution in [0.4, 0.5) is 0 Å². The van der Waals surface area contributed by atoms with Crippen LogP contribution in [0, 0.1) is 6.92 Å². The van der Waals surface area contributed by atoms with Gasteiger partial charge >= 0.3 is 0 Å². The van der Waals surface area contributed by atoms with Gasteiger partial charge in [-0.3, -0.25) is 0 Å². The first-order valence-corrected chi connectivity index (χ1v) is 8.30. The number of benzene rings is 2. The summed E-state index contributed by atoms with van der Waals surface area (Å²) in [6.45, 7) is 8.12. The van der Waals surface area contributed by atoms with Crippen LogP contribution in [0.2, 0.25) is 0 Å². The molecule has 0 fully saturated rings. The highest BCUT2D eigenvalue weighted by molar-refractivity contribution is 5.76. The van der Waals surface area contributed by atoms with Gasteiger partial charge in [-0.2, -0.15) is 0 Å². The van der Waals surface area contributed by atoms with E-state index in [1.807, 2.05) is 24.3 Å². The van der Waals surface area contributed by atoms with Gasteiger partial charge < -0.3 is 9.30 Å². The second kappa shape index (κ2) is 6.86. The Morgan fingerprint density at radius 1 is 1.04 bits per heavy atom. The Morgan fingerprint density at radius 3 is 2.57 bits per heavy atom. The van der Waals surface area contributed by atoms with Crippen molar-refractivity contribution >= 4 is 11.0 Å². The second-order valence-electron chi connectivity index (χ2n) is 6.23. The molecule has 2 aromatic carbocycles. The molecule has 1 heterocycles. The van der Waals surface area contributed by atoms with Gasteiger partial charge in [0.15, 0.2) is 0 Å². The van der Waals surface area contributed by atoms with Crippen LogP contribution in [0.15, 0.2) is 48.5 Å². The number of rotatable bonds is 6. The maximum Gasteiger partial charge on any atom is 0.122 e. The summed E-state index contributed by atoms with van der Waals surface area (Å²) >= 11 is 0. The molecule has 0 aliphatic heterocycles. The van der Waals surface area contributed by atoms with Crippen LogP contribution in [0.1, 0.15) is 37.6 Å². The van der Waals surface area contributed by atoms with Crippen molar-refractivity contribution in [2.75, 3.05) is 6.61 Å². The lowest BCUT2D eigenvalue weighted by atomic mass is 10.2. The molecule has 23 heavy (non-hydrogen) atoms. The van der Waals surface area contributed by atoms with Gasteiger partial charge in [-0.15, -0.1) is 0 Å². The molecule has 0 amide bonds. The molecule has 3 rings (SSSR count). The standard InChI is InChI=1S/C20H24N2O/c1-15(2)20-21-17-10-5-6-11-18(17)22(20)13-8-14-23-19-12-7-4-9-16(19)3/h4-7,9-12,15H,8,13-14H2,1-3H3. The maximum absolute atomic E-state index is 5.91. The average Bonchev–Trinajstić information content (AvgIpc) is 2.92. The summed E-state index contributed by atoms with van der Waals surface area (Å²) in [6, 6.07) is 16.5. The monoisotopic (exact) mass is 308 g/mol. The van der Waals surface area contributed by atoms with Gasteiger partial charge in [-0.1, -0.05) is 44.2 Å². The highest BCUT2D eigenvalue weighted by atomic mass is 16.5. The number of fused-ring (bicyclic) bond motifs is 1. The van der Waals surface area contributed by atoms with E-state index in [1.54, 1.807) is 0 Å². The zero-order valence-corrected chi connectivity index (χ0v) is 14.1. The minimum atomic E-state index is 0.416. The van der Waals surface area contributed by atoms with Crippen LogP contribution >= 0.6 is 0 Å². The highest BCUT2D eigenvalue weighted by Crippen LogP contribution is 2.22. The molecule has 0 saturated carbocycles. The van der Waals surface area contributed by atoms with Crippen LogP contribution in [0.5, 0.6) is 5.75 Å². The number of ether oxygens (including phenoxy) is 1. The van der Waals surface area contributed by atoms with Crippen LogP contribution in [-0.2, 0) is 6.54 Å². The first-order valence-electron chi connectivity index (χ1n) is 8.30. The van der Waals surface area contributed by atoms with E-state index in [2.05, 4.69) is 49.6 Å². The highest BCUT2D eigenvalue weighted by Gasteiger charge is 2.12. The molecule has 0 radical (unpaired) electrons. The quantitative estimate of drug-likeness (QED) is 0.603. The minimum Gasteiger partial charge on any atom is -0.493 e. The number of imidazole rings is 1. The number of hydrogen-bond acceptors (Lipinski definition) is 2. The summed E-state index contributed by atoms with van der Waals surface area (Å²) < 4.78 is 8.25. The van der Waals surface area contributed by atoms with Gasteiger partial charge in [-0.05, 0) is 37.1 Å². The lowest BCUT2D eigenvalue weighted by Gasteiger charge is -2.13. The molecule has 0 spiro atoms. The van der Waals surface area contributed by atoms with E-state index in [9.17, 15) is 0 Å². The Balaban J connectivity index is 1.69. The third-order valence-corrected chi connectivity index (χ3v) is 4.08. The van der Waals surface area contributed by atoms with Crippen molar-refractivity contribution in [2.24, 2.45) is 0 Å². The Kier molecular flexibility index (Phi) is 4.65. The zero-order chi connectivity index (χ0) is 16.2. The normalized spacial score (nSPS) is 11.3. The summed E-state index contributed by atoms with van der Waals surface area (Å²) in [4.78, 5) is 4.79. The van der Waals surface area contributed by atoms with Gasteiger partial charge in [-0.25, -0.2) is 4.98 Å². The molecule has 3 aromatic rings. The third kappa shape index (κ3) is 3.39. The van der Waals surface area contributed by atoms with Crippen molar-refractivity contribution in [3.63, 3.8) is 0 Å². The second-order valence-corrected chi connectivity index (χ2v) is 6.23. The fraction of sp³-hybridized carbons (Fsp3) is 0.350. The number of hydrogen-bond donors (Lipinski definition) is 0. The van der Waals surface area contributed by atoms with Crippen molar-refractivity contribution in [1.82, 2.24) is 9.55 Å². The van der Waals surface area contributed by atoms with Crippen molar-refractivity contribution in [1.29, 1.82) is 0 Å². The molecule has 0 N–H and O–H groups in total. The summed E-state index contributed by atoms with van der Waals surface area (Å²) in [5.74, 6) is 2.55. The Bertz CT molecular complexity index is 789. The van der Waals surface area contributed by atoms with E-state index in [4.69, 9.17) is 9.72 Å². The molecule has 1 aromatic heterocycles. The van der Waals surface area contributed by atoms with E-state index in [0.29, 0.717) is 5.92 Å². The van der Waals surface area contributed by atoms with Gasteiger partial charge in [0.25, 0.3) is 0 Å². The number of nitrogens with zero attached hydrogens (tertiary/aromatic N) is 2. The summed E-state index contributed by atoms with van der Waals surface area (Å²) in [5, 5.41) is 0. The van der Waals surface area contributed by atoms with Crippen LogP contribution in [0.25, 0.3) is 11.0 Å². The van der Waals surface area contributed by atoms with Crippen molar-refractivity contribution < 1.29 is 4.74 Å². The number of aryl methyl sites for hydroxylation is 2. The topological polar surface area (TPSA) is 27.1 Å². The summed E-state index contributed by atoms with van der Waals surface area (Å²) in [6.07, 6.45) is 0.967. The van der Waals surface area contributed by atoms with E-state index in [1.165, 1.54) is 11.1 Å². The summed E-state index contributed by atoms with van der Waals surface area (Å²) in [7, 11) is 0. The molecular formula is C20H24N2O. The maximum atomic E-state index is 5.91. The van der Waals surface area contributed by atoms with Gasteiger partial charge in [0.2, 0.25) is 0 Å². The number of aromatic nitrogens is 2. The smallest absolute Gasteiger partial charge is 0.122 e. The van der Waals surface area contributed by atoms with E-state index in [0.717, 1.165) is 36.7 Å². The van der Waals surface area contributed by atoms with Gasteiger partial charge in [0, 0.05) is 12.5 Å². The minimum absolute atomic E-state index is 0.416. The van der Waals surface area contributed by atoms with E-state index >= 15 is 0 Å². The molecule has 120 valence electrons. The average molecular weight is 308 g/mol. The first kappa shape index (κ1) is 15.6. The van der Waals surface area contributed by atoms with Crippen molar-refractivity contribution in [3.05, 3.63) is 59.9 Å². The van der Waals surface area contributed by atoms with Crippen LogP contribution in [-0.4, -0.2) is 16.2 Å². The third-order valence-electron chi connectivity index (χ3n) is 4.08. The SMILES string of the molecule is Cc1ccccc1OCCCn1c(C(C)C)nc2ccccc21. The Morgan fingerprint density at radius 2 is 1.78 bits per heavy atom. The fourth-order valence-corrected chi connectivity index (χ4v) is 2.89. The fourth-order valence-electron chi connectivity index (χ4n) is 2.89. The van der Waals surface area contributed by atoms with Crippen LogP contribution < -0.4 is 4.74 Å². The largest absolute Gasteiger partial charge is 0.493 e. The van der Waals surface area contributed by atoms with Gasteiger partial charge in [0.05, 0.1) is 17.6 Å². The molecule has 0 aliphatic rings. The molecule has 3 heteroatoms. The number of para-hydroxylation sites is 3. The predicted molar refractivity (Wildman–Crippen MR) is 95.1 cm³/mol. The Hall–Kier alpha value is -2.29. The molecule has 0 aliphatic carbocycles. The lowest BCUT2D eigenvalue weighted by molar-refractivity contribution is 0.299. The summed E-state index contributed by atoms with van der Waals surface area (Å²) in [5.41, 5.74) is 3.48. The van der Waals surface area contributed by atoms with Crippen molar-refractivity contribution in [3.8, 4) is 5.75 Å². The van der Waals surface area contributed by atoms with E-state index < -0.39 is 0 Å². The zero-order valence-electron chi connectivity index (χ0n) is 14.1.